The largest absolute Gasteiger partial charge is 0.378 e. The predicted molar refractivity (Wildman–Crippen MR) is 74.2 cm³/mol. The van der Waals surface area contributed by atoms with Crippen molar-refractivity contribution >= 4 is 5.82 Å². The molecule has 2 aromatic heterocycles. The highest BCUT2D eigenvalue weighted by Gasteiger charge is 2.14. The Bertz CT molecular complexity index is 573. The maximum atomic E-state index is 5.39. The molecule has 3 rings (SSSR count). The summed E-state index contributed by atoms with van der Waals surface area (Å²) in [5, 5.41) is 4.21. The van der Waals surface area contributed by atoms with Crippen molar-refractivity contribution in [3.05, 3.63) is 30.0 Å². The molecule has 1 aliphatic heterocycles. The van der Waals surface area contributed by atoms with Crippen LogP contribution in [0, 0.1) is 6.92 Å². The van der Waals surface area contributed by atoms with Crippen LogP contribution in [-0.2, 0) is 11.8 Å². The van der Waals surface area contributed by atoms with Crippen LogP contribution in [0.1, 0.15) is 5.56 Å². The van der Waals surface area contributed by atoms with Crippen LogP contribution in [0.5, 0.6) is 0 Å². The zero-order chi connectivity index (χ0) is 13.2. The number of ether oxygens (including phenoxy) is 1. The zero-order valence-electron chi connectivity index (χ0n) is 11.3. The first kappa shape index (κ1) is 12.2. The van der Waals surface area contributed by atoms with Crippen molar-refractivity contribution in [1.82, 2.24) is 14.8 Å². The van der Waals surface area contributed by atoms with E-state index in [1.54, 1.807) is 6.20 Å². The summed E-state index contributed by atoms with van der Waals surface area (Å²) in [4.78, 5) is 7.04. The fraction of sp³-hybridized carbons (Fsp3) is 0.429. The summed E-state index contributed by atoms with van der Waals surface area (Å²) in [5.41, 5.74) is 3.23. The second kappa shape index (κ2) is 5.01. The minimum absolute atomic E-state index is 0.774. The third kappa shape index (κ3) is 2.46. The van der Waals surface area contributed by atoms with Crippen LogP contribution in [0.2, 0.25) is 0 Å². The van der Waals surface area contributed by atoms with Gasteiger partial charge in [-0.2, -0.15) is 5.10 Å². The molecule has 0 amide bonds. The van der Waals surface area contributed by atoms with E-state index in [1.165, 1.54) is 5.56 Å². The monoisotopic (exact) mass is 258 g/mol. The van der Waals surface area contributed by atoms with Crippen molar-refractivity contribution < 1.29 is 4.74 Å². The SMILES string of the molecule is Cc1cc(-c2ccnn2C)nc(N2CCOCC2)c1. The summed E-state index contributed by atoms with van der Waals surface area (Å²) in [6, 6.07) is 6.22. The van der Waals surface area contributed by atoms with Gasteiger partial charge in [0.2, 0.25) is 0 Å². The fourth-order valence-electron chi connectivity index (χ4n) is 2.36. The maximum Gasteiger partial charge on any atom is 0.129 e. The minimum atomic E-state index is 0.774. The molecular weight excluding hydrogens is 240 g/mol. The molecule has 0 bridgehead atoms. The van der Waals surface area contributed by atoms with Crippen molar-refractivity contribution in [2.45, 2.75) is 6.92 Å². The predicted octanol–water partition coefficient (Wildman–Crippen LogP) is 1.63. The van der Waals surface area contributed by atoms with Gasteiger partial charge in [0.15, 0.2) is 0 Å². The topological polar surface area (TPSA) is 43.2 Å². The molecule has 0 radical (unpaired) electrons. The number of hydrogen-bond donors (Lipinski definition) is 0. The molecule has 1 fully saturated rings. The molecule has 0 unspecified atom stereocenters. The first-order chi connectivity index (χ1) is 9.24. The van der Waals surface area contributed by atoms with E-state index < -0.39 is 0 Å². The smallest absolute Gasteiger partial charge is 0.129 e. The van der Waals surface area contributed by atoms with E-state index in [4.69, 9.17) is 9.72 Å². The zero-order valence-corrected chi connectivity index (χ0v) is 11.3. The van der Waals surface area contributed by atoms with Gasteiger partial charge in [-0.3, -0.25) is 4.68 Å². The minimum Gasteiger partial charge on any atom is -0.378 e. The van der Waals surface area contributed by atoms with Gasteiger partial charge in [-0.15, -0.1) is 0 Å². The highest BCUT2D eigenvalue weighted by molar-refractivity contribution is 5.59. The lowest BCUT2D eigenvalue weighted by atomic mass is 10.2. The number of aryl methyl sites for hydroxylation is 2. The summed E-state index contributed by atoms with van der Waals surface area (Å²) >= 11 is 0. The second-order valence-electron chi connectivity index (χ2n) is 4.83. The highest BCUT2D eigenvalue weighted by atomic mass is 16.5. The number of pyridine rings is 1. The standard InChI is InChI=1S/C14H18N4O/c1-11-9-12(13-3-4-15-17(13)2)16-14(10-11)18-5-7-19-8-6-18/h3-4,9-10H,5-8H2,1-2H3. The number of rotatable bonds is 2. The van der Waals surface area contributed by atoms with Crippen molar-refractivity contribution in [1.29, 1.82) is 0 Å². The van der Waals surface area contributed by atoms with Crippen molar-refractivity contribution in [2.24, 2.45) is 7.05 Å². The van der Waals surface area contributed by atoms with Crippen LogP contribution in [0.4, 0.5) is 5.82 Å². The van der Waals surface area contributed by atoms with Crippen LogP contribution in [0.3, 0.4) is 0 Å². The van der Waals surface area contributed by atoms with Gasteiger partial charge in [-0.1, -0.05) is 0 Å². The van der Waals surface area contributed by atoms with E-state index >= 15 is 0 Å². The van der Waals surface area contributed by atoms with Gasteiger partial charge in [0.1, 0.15) is 5.82 Å². The summed E-state index contributed by atoms with van der Waals surface area (Å²) in [5.74, 6) is 1.03. The lowest BCUT2D eigenvalue weighted by molar-refractivity contribution is 0.122. The first-order valence-electron chi connectivity index (χ1n) is 6.54. The molecule has 0 atom stereocenters. The van der Waals surface area contributed by atoms with Crippen molar-refractivity contribution in [2.75, 3.05) is 31.2 Å². The van der Waals surface area contributed by atoms with Crippen LogP contribution >= 0.6 is 0 Å². The van der Waals surface area contributed by atoms with Gasteiger partial charge in [-0.05, 0) is 30.7 Å². The number of morpholine rings is 1. The molecule has 3 heterocycles. The number of anilines is 1. The lowest BCUT2D eigenvalue weighted by Gasteiger charge is -2.28. The summed E-state index contributed by atoms with van der Waals surface area (Å²) in [7, 11) is 1.94. The van der Waals surface area contributed by atoms with Gasteiger partial charge in [0, 0.05) is 26.3 Å². The van der Waals surface area contributed by atoms with E-state index in [9.17, 15) is 0 Å². The molecule has 1 aliphatic rings. The van der Waals surface area contributed by atoms with Crippen LogP contribution in [0.15, 0.2) is 24.4 Å². The lowest BCUT2D eigenvalue weighted by Crippen LogP contribution is -2.36. The van der Waals surface area contributed by atoms with Crippen molar-refractivity contribution in [3.63, 3.8) is 0 Å². The number of hydrogen-bond acceptors (Lipinski definition) is 4. The van der Waals surface area contributed by atoms with E-state index in [2.05, 4.69) is 29.1 Å². The van der Waals surface area contributed by atoms with E-state index in [0.717, 1.165) is 43.5 Å². The molecule has 5 nitrogen and oxygen atoms in total. The Kier molecular flexibility index (Phi) is 3.21. The van der Waals surface area contributed by atoms with Gasteiger partial charge in [-0.25, -0.2) is 4.98 Å². The second-order valence-corrected chi connectivity index (χ2v) is 4.83. The number of aromatic nitrogens is 3. The molecular formula is C14H18N4O. The molecule has 2 aromatic rings. The number of nitrogens with zero attached hydrogens (tertiary/aromatic N) is 4. The summed E-state index contributed by atoms with van der Waals surface area (Å²) < 4.78 is 7.24. The maximum absolute atomic E-state index is 5.39. The average Bonchev–Trinajstić information content (AvgIpc) is 2.85. The Morgan fingerprint density at radius 1 is 1.21 bits per heavy atom. The summed E-state index contributed by atoms with van der Waals surface area (Å²) in [6.07, 6.45) is 1.80. The van der Waals surface area contributed by atoms with Gasteiger partial charge in [0.05, 0.1) is 24.6 Å². The average molecular weight is 258 g/mol. The Balaban J connectivity index is 1.98. The molecule has 0 aliphatic carbocycles. The Hall–Kier alpha value is -1.88. The molecule has 0 N–H and O–H groups in total. The quantitative estimate of drug-likeness (QED) is 0.821. The van der Waals surface area contributed by atoms with E-state index in [1.807, 2.05) is 17.8 Å². The normalized spacial score (nSPS) is 15.8. The molecule has 1 saturated heterocycles. The Morgan fingerprint density at radius 3 is 2.68 bits per heavy atom. The van der Waals surface area contributed by atoms with E-state index in [-0.39, 0.29) is 0 Å². The van der Waals surface area contributed by atoms with E-state index in [0.29, 0.717) is 0 Å². The van der Waals surface area contributed by atoms with Crippen LogP contribution in [0.25, 0.3) is 11.4 Å². The first-order valence-corrected chi connectivity index (χ1v) is 6.54. The van der Waals surface area contributed by atoms with Gasteiger partial charge >= 0.3 is 0 Å². The third-order valence-corrected chi connectivity index (χ3v) is 3.37. The summed E-state index contributed by atoms with van der Waals surface area (Å²) in [6.45, 7) is 5.46. The Labute approximate surface area is 112 Å². The highest BCUT2D eigenvalue weighted by Crippen LogP contribution is 2.22. The molecule has 0 saturated carbocycles. The van der Waals surface area contributed by atoms with Crippen LogP contribution < -0.4 is 4.90 Å². The fourth-order valence-corrected chi connectivity index (χ4v) is 2.36. The molecule has 19 heavy (non-hydrogen) atoms. The van der Waals surface area contributed by atoms with Gasteiger partial charge in [0.25, 0.3) is 0 Å². The molecule has 0 spiro atoms. The van der Waals surface area contributed by atoms with Gasteiger partial charge < -0.3 is 9.64 Å². The Morgan fingerprint density at radius 2 is 2.00 bits per heavy atom. The van der Waals surface area contributed by atoms with Crippen molar-refractivity contribution in [3.8, 4) is 11.4 Å². The molecule has 100 valence electrons. The molecule has 0 aromatic carbocycles. The third-order valence-electron chi connectivity index (χ3n) is 3.37. The van der Waals surface area contributed by atoms with Crippen LogP contribution in [-0.4, -0.2) is 41.1 Å². The molecule has 5 heteroatoms.